The van der Waals surface area contributed by atoms with Crippen LogP contribution in [0.2, 0.25) is 0 Å². The summed E-state index contributed by atoms with van der Waals surface area (Å²) in [7, 11) is 5.41. The number of rotatable bonds is 3. The zero-order valence-corrected chi connectivity index (χ0v) is 14.3. The number of nitrogens with zero attached hydrogens (tertiary/aromatic N) is 3. The smallest absolute Gasteiger partial charge is 0.334 e. The van der Waals surface area contributed by atoms with Crippen molar-refractivity contribution in [2.75, 3.05) is 21.2 Å². The van der Waals surface area contributed by atoms with Gasteiger partial charge in [0.05, 0.1) is 12.0 Å². The van der Waals surface area contributed by atoms with Gasteiger partial charge in [-0.3, -0.25) is 10.1 Å². The first-order valence-corrected chi connectivity index (χ1v) is 8.03. The SMILES string of the molecule is CN(C)S(=O)(=O)Cl.COc1ncc(Br)c(C)c1[N+](=O)[O-]. The molecule has 0 aromatic carbocycles. The largest absolute Gasteiger partial charge is 0.476 e. The minimum absolute atomic E-state index is 0.0331. The Labute approximate surface area is 129 Å². The predicted molar refractivity (Wildman–Crippen MR) is 78.3 cm³/mol. The van der Waals surface area contributed by atoms with E-state index in [2.05, 4.69) is 20.9 Å². The first-order chi connectivity index (χ1) is 9.02. The second-order valence-corrected chi connectivity index (χ2v) is 7.15. The molecule has 0 aliphatic carbocycles. The van der Waals surface area contributed by atoms with E-state index < -0.39 is 14.2 Å². The van der Waals surface area contributed by atoms with Crippen LogP contribution in [0.5, 0.6) is 5.88 Å². The molecule has 0 saturated carbocycles. The fourth-order valence-corrected chi connectivity index (χ4v) is 1.20. The van der Waals surface area contributed by atoms with E-state index in [1.807, 2.05) is 0 Å². The number of methoxy groups -OCH3 is 1. The van der Waals surface area contributed by atoms with Crippen LogP contribution in [0.1, 0.15) is 5.56 Å². The lowest BCUT2D eigenvalue weighted by atomic mass is 10.2. The van der Waals surface area contributed by atoms with Gasteiger partial charge < -0.3 is 4.74 Å². The Morgan fingerprint density at radius 3 is 2.25 bits per heavy atom. The summed E-state index contributed by atoms with van der Waals surface area (Å²) in [5, 5.41) is 10.6. The van der Waals surface area contributed by atoms with Crippen molar-refractivity contribution in [1.29, 1.82) is 0 Å². The molecule has 20 heavy (non-hydrogen) atoms. The maximum atomic E-state index is 10.6. The standard InChI is InChI=1S/C7H7BrN2O3.C2H6ClNO2S/c1-4-5(8)3-9-7(13-2)6(4)10(11)12;1-4(2)7(3,5)6/h3H,1-2H3;1-2H3. The van der Waals surface area contributed by atoms with Gasteiger partial charge in [-0.1, -0.05) is 0 Å². The van der Waals surface area contributed by atoms with E-state index in [9.17, 15) is 18.5 Å². The molecule has 0 spiro atoms. The fourth-order valence-electron chi connectivity index (χ4n) is 0.911. The zero-order chi connectivity index (χ0) is 16.1. The molecule has 0 saturated heterocycles. The summed E-state index contributed by atoms with van der Waals surface area (Å²) in [5.74, 6) is 0.0331. The molecule has 1 aromatic rings. The van der Waals surface area contributed by atoms with E-state index in [-0.39, 0.29) is 11.6 Å². The minimum Gasteiger partial charge on any atom is -0.476 e. The molecule has 114 valence electrons. The van der Waals surface area contributed by atoms with Gasteiger partial charge in [-0.15, -0.1) is 0 Å². The van der Waals surface area contributed by atoms with E-state index in [1.165, 1.54) is 27.4 Å². The predicted octanol–water partition coefficient (Wildman–Crippen LogP) is 2.10. The molecule has 0 N–H and O–H groups in total. The molecule has 0 unspecified atom stereocenters. The summed E-state index contributed by atoms with van der Waals surface area (Å²) in [4.78, 5) is 13.9. The number of nitro groups is 1. The zero-order valence-electron chi connectivity index (χ0n) is 11.1. The second-order valence-electron chi connectivity index (χ2n) is 3.57. The van der Waals surface area contributed by atoms with Crippen LogP contribution in [0.15, 0.2) is 10.7 Å². The Balaban J connectivity index is 0.000000441. The quantitative estimate of drug-likeness (QED) is 0.445. The van der Waals surface area contributed by atoms with Crippen molar-refractivity contribution in [2.24, 2.45) is 0 Å². The Morgan fingerprint density at radius 2 is 1.95 bits per heavy atom. The van der Waals surface area contributed by atoms with Gasteiger partial charge in [0.25, 0.3) is 15.1 Å². The van der Waals surface area contributed by atoms with Crippen LogP contribution in [0.4, 0.5) is 5.69 Å². The van der Waals surface area contributed by atoms with Crippen molar-refractivity contribution < 1.29 is 18.1 Å². The van der Waals surface area contributed by atoms with Crippen LogP contribution in [-0.4, -0.2) is 43.8 Å². The Bertz CT molecular complexity index is 593. The highest BCUT2D eigenvalue weighted by Crippen LogP contribution is 2.32. The summed E-state index contributed by atoms with van der Waals surface area (Å²) in [5.41, 5.74) is 0.411. The first kappa shape index (κ1) is 19.0. The average molecular weight is 391 g/mol. The number of pyridine rings is 1. The minimum atomic E-state index is -3.44. The van der Waals surface area contributed by atoms with Gasteiger partial charge >= 0.3 is 5.69 Å². The van der Waals surface area contributed by atoms with Gasteiger partial charge in [0.1, 0.15) is 0 Å². The van der Waals surface area contributed by atoms with Gasteiger partial charge in [0, 0.05) is 41.0 Å². The molecule has 1 aromatic heterocycles. The maximum Gasteiger partial charge on any atom is 0.334 e. The number of hydrogen-bond acceptors (Lipinski definition) is 6. The number of ether oxygens (including phenoxy) is 1. The van der Waals surface area contributed by atoms with Crippen molar-refractivity contribution in [3.05, 3.63) is 26.3 Å². The van der Waals surface area contributed by atoms with Gasteiger partial charge in [-0.25, -0.2) is 4.98 Å². The first-order valence-electron chi connectivity index (χ1n) is 4.98. The molecule has 1 rings (SSSR count). The van der Waals surface area contributed by atoms with Gasteiger partial charge in [0.15, 0.2) is 0 Å². The number of halogens is 2. The van der Waals surface area contributed by atoms with Gasteiger partial charge in [-0.2, -0.15) is 12.7 Å². The molecule has 0 aliphatic rings. The van der Waals surface area contributed by atoms with Crippen LogP contribution in [0.25, 0.3) is 0 Å². The summed E-state index contributed by atoms with van der Waals surface area (Å²) >= 11 is 3.16. The molecule has 0 fully saturated rings. The highest BCUT2D eigenvalue weighted by atomic mass is 79.9. The third kappa shape index (κ3) is 5.57. The van der Waals surface area contributed by atoms with Gasteiger partial charge in [-0.05, 0) is 22.9 Å². The van der Waals surface area contributed by atoms with E-state index >= 15 is 0 Å². The Kier molecular flexibility index (Phi) is 7.34. The van der Waals surface area contributed by atoms with E-state index in [0.29, 0.717) is 10.0 Å². The molecule has 0 amide bonds. The molecule has 0 radical (unpaired) electrons. The van der Waals surface area contributed by atoms with Gasteiger partial charge in [0.2, 0.25) is 0 Å². The fraction of sp³-hybridized carbons (Fsp3) is 0.444. The van der Waals surface area contributed by atoms with E-state index in [1.54, 1.807) is 6.92 Å². The lowest BCUT2D eigenvalue weighted by molar-refractivity contribution is -0.386. The summed E-state index contributed by atoms with van der Waals surface area (Å²) in [6.07, 6.45) is 1.47. The van der Waals surface area contributed by atoms with Crippen molar-refractivity contribution >= 4 is 41.5 Å². The summed E-state index contributed by atoms with van der Waals surface area (Å²) in [6.45, 7) is 1.63. The Morgan fingerprint density at radius 1 is 1.50 bits per heavy atom. The number of hydrogen-bond donors (Lipinski definition) is 0. The molecule has 0 bridgehead atoms. The lowest BCUT2D eigenvalue weighted by Crippen LogP contribution is -2.15. The third-order valence-corrected chi connectivity index (χ3v) is 4.52. The van der Waals surface area contributed by atoms with Crippen LogP contribution in [0, 0.1) is 17.0 Å². The maximum absolute atomic E-state index is 10.6. The molecule has 1 heterocycles. The lowest BCUT2D eigenvalue weighted by Gasteiger charge is -2.03. The average Bonchev–Trinajstić information content (AvgIpc) is 2.31. The van der Waals surface area contributed by atoms with Crippen LogP contribution < -0.4 is 4.74 Å². The van der Waals surface area contributed by atoms with E-state index in [0.717, 1.165) is 4.31 Å². The topological polar surface area (TPSA) is 103 Å². The number of aromatic nitrogens is 1. The Hall–Kier alpha value is -0.970. The molecule has 8 nitrogen and oxygen atoms in total. The summed E-state index contributed by atoms with van der Waals surface area (Å²) in [6, 6.07) is 0. The molecular formula is C9H13BrClN3O5S. The van der Waals surface area contributed by atoms with E-state index in [4.69, 9.17) is 15.4 Å². The normalized spacial score (nSPS) is 10.8. The highest BCUT2D eigenvalue weighted by molar-refractivity contribution is 9.10. The third-order valence-electron chi connectivity index (χ3n) is 2.02. The van der Waals surface area contributed by atoms with Crippen molar-refractivity contribution in [3.8, 4) is 5.88 Å². The van der Waals surface area contributed by atoms with Crippen LogP contribution in [-0.2, 0) is 9.24 Å². The highest BCUT2D eigenvalue weighted by Gasteiger charge is 2.21. The van der Waals surface area contributed by atoms with Crippen LogP contribution in [0.3, 0.4) is 0 Å². The molecule has 0 atom stereocenters. The molecule has 11 heteroatoms. The van der Waals surface area contributed by atoms with Crippen LogP contribution >= 0.6 is 26.6 Å². The monoisotopic (exact) mass is 389 g/mol. The molecule has 0 aliphatic heterocycles. The van der Waals surface area contributed by atoms with Crippen molar-refractivity contribution in [1.82, 2.24) is 9.29 Å². The second kappa shape index (κ2) is 7.72. The van der Waals surface area contributed by atoms with Crippen molar-refractivity contribution in [2.45, 2.75) is 6.92 Å². The summed E-state index contributed by atoms with van der Waals surface area (Å²) < 4.78 is 26.3. The molecular weight excluding hydrogens is 378 g/mol. The van der Waals surface area contributed by atoms with Crippen molar-refractivity contribution in [3.63, 3.8) is 0 Å².